The third-order valence-electron chi connectivity index (χ3n) is 3.13. The van der Waals surface area contributed by atoms with E-state index in [2.05, 4.69) is 5.32 Å². The minimum absolute atomic E-state index is 0.00625. The second-order valence-corrected chi connectivity index (χ2v) is 4.99. The van der Waals surface area contributed by atoms with Crippen LogP contribution in [0.2, 0.25) is 0 Å². The van der Waals surface area contributed by atoms with Crippen molar-refractivity contribution in [3.63, 3.8) is 0 Å². The minimum atomic E-state index is -0.448. The smallest absolute Gasteiger partial charge is 0.407 e. The maximum absolute atomic E-state index is 11.6. The van der Waals surface area contributed by atoms with Gasteiger partial charge in [-0.25, -0.2) is 4.79 Å². The van der Waals surface area contributed by atoms with Gasteiger partial charge in [-0.05, 0) is 23.3 Å². The average Bonchev–Trinajstić information content (AvgIpc) is 2.63. The predicted octanol–water partition coefficient (Wildman–Crippen LogP) is 3.00. The predicted molar refractivity (Wildman–Crippen MR) is 92.7 cm³/mol. The van der Waals surface area contributed by atoms with Crippen molar-refractivity contribution < 1.29 is 19.4 Å². The largest absolute Gasteiger partial charge is 0.491 e. The van der Waals surface area contributed by atoms with Crippen molar-refractivity contribution in [3.8, 4) is 5.75 Å². The molecule has 0 bridgehead atoms. The number of rotatable bonds is 8. The summed E-state index contributed by atoms with van der Waals surface area (Å²) in [6, 6.07) is 17.0. The number of aliphatic hydroxyl groups excluding tert-OH is 1. The fourth-order valence-electron chi connectivity index (χ4n) is 1.95. The van der Waals surface area contributed by atoms with Gasteiger partial charge in [-0.1, -0.05) is 54.6 Å². The number of hydrogen-bond acceptors (Lipinski definition) is 4. The van der Waals surface area contributed by atoms with Crippen molar-refractivity contribution in [3.05, 3.63) is 71.8 Å². The molecule has 0 fully saturated rings. The molecule has 5 heteroatoms. The van der Waals surface area contributed by atoms with Crippen LogP contribution in [0, 0.1) is 0 Å². The highest BCUT2D eigenvalue weighted by molar-refractivity contribution is 5.67. The second-order valence-electron chi connectivity index (χ2n) is 4.99. The number of nitrogens with one attached hydrogen (secondary N) is 1. The molecule has 0 spiro atoms. The van der Waals surface area contributed by atoms with Crippen LogP contribution in [0.15, 0.2) is 60.7 Å². The van der Waals surface area contributed by atoms with Crippen molar-refractivity contribution >= 4 is 12.2 Å². The van der Waals surface area contributed by atoms with Crippen LogP contribution < -0.4 is 10.1 Å². The summed E-state index contributed by atoms with van der Waals surface area (Å²) in [6.45, 7) is 0.917. The molecule has 0 saturated heterocycles. The lowest BCUT2D eigenvalue weighted by Crippen LogP contribution is -2.24. The number of amides is 1. The zero-order valence-electron chi connectivity index (χ0n) is 13.4. The van der Waals surface area contributed by atoms with Crippen LogP contribution in [0.1, 0.15) is 11.1 Å². The zero-order chi connectivity index (χ0) is 17.0. The lowest BCUT2D eigenvalue weighted by molar-refractivity contribution is 0.141. The summed E-state index contributed by atoms with van der Waals surface area (Å²) in [5, 5.41) is 11.4. The minimum Gasteiger partial charge on any atom is -0.491 e. The van der Waals surface area contributed by atoms with E-state index in [-0.39, 0.29) is 19.8 Å². The van der Waals surface area contributed by atoms with Crippen molar-refractivity contribution in [1.29, 1.82) is 0 Å². The van der Waals surface area contributed by atoms with Crippen LogP contribution in [0.4, 0.5) is 4.79 Å². The molecule has 2 aromatic carbocycles. The van der Waals surface area contributed by atoms with Gasteiger partial charge in [0.1, 0.15) is 19.0 Å². The molecule has 0 radical (unpaired) electrons. The fraction of sp³-hybridized carbons (Fsp3) is 0.211. The summed E-state index contributed by atoms with van der Waals surface area (Å²) in [7, 11) is 0. The van der Waals surface area contributed by atoms with Crippen LogP contribution in [-0.2, 0) is 11.3 Å². The Morgan fingerprint density at radius 2 is 1.83 bits per heavy atom. The first kappa shape index (κ1) is 17.6. The summed E-state index contributed by atoms with van der Waals surface area (Å²) in [4.78, 5) is 11.6. The molecule has 2 aromatic rings. The summed E-state index contributed by atoms with van der Waals surface area (Å²) >= 11 is 0. The SMILES string of the molecule is O=C(NCC=Cc1ccc(OCCO)cc1)OCc1ccccc1. The topological polar surface area (TPSA) is 67.8 Å². The first-order valence-electron chi connectivity index (χ1n) is 7.73. The highest BCUT2D eigenvalue weighted by Crippen LogP contribution is 2.12. The van der Waals surface area contributed by atoms with E-state index in [9.17, 15) is 4.79 Å². The van der Waals surface area contributed by atoms with E-state index in [1.807, 2.05) is 66.7 Å². The molecule has 0 aromatic heterocycles. The van der Waals surface area contributed by atoms with Gasteiger partial charge in [0.15, 0.2) is 0 Å². The van der Waals surface area contributed by atoms with Crippen LogP contribution in [0.3, 0.4) is 0 Å². The van der Waals surface area contributed by atoms with Gasteiger partial charge in [0.2, 0.25) is 0 Å². The van der Waals surface area contributed by atoms with Crippen molar-refractivity contribution in [2.45, 2.75) is 6.61 Å². The number of aliphatic hydroxyl groups is 1. The molecule has 0 aliphatic carbocycles. The van der Waals surface area contributed by atoms with Gasteiger partial charge in [-0.15, -0.1) is 0 Å². The Labute approximate surface area is 141 Å². The van der Waals surface area contributed by atoms with E-state index in [4.69, 9.17) is 14.6 Å². The van der Waals surface area contributed by atoms with Crippen LogP contribution in [0.25, 0.3) is 6.08 Å². The molecule has 0 saturated carbocycles. The molecular formula is C19H21NO4. The Morgan fingerprint density at radius 1 is 1.08 bits per heavy atom. The number of carbonyl (C=O) groups is 1. The average molecular weight is 327 g/mol. The Balaban J connectivity index is 1.67. The van der Waals surface area contributed by atoms with Gasteiger partial charge < -0.3 is 19.9 Å². The van der Waals surface area contributed by atoms with Gasteiger partial charge in [0, 0.05) is 6.54 Å². The number of benzene rings is 2. The van der Waals surface area contributed by atoms with Crippen molar-refractivity contribution in [1.82, 2.24) is 5.32 Å². The van der Waals surface area contributed by atoms with Crippen LogP contribution in [-0.4, -0.2) is 31.0 Å². The third kappa shape index (κ3) is 6.54. The van der Waals surface area contributed by atoms with Crippen molar-refractivity contribution in [2.24, 2.45) is 0 Å². The molecule has 126 valence electrons. The van der Waals surface area contributed by atoms with Gasteiger partial charge in [-0.2, -0.15) is 0 Å². The molecule has 2 N–H and O–H groups in total. The molecule has 0 heterocycles. The van der Waals surface area contributed by atoms with Gasteiger partial charge in [0.05, 0.1) is 6.61 Å². The first-order chi connectivity index (χ1) is 11.8. The molecule has 0 atom stereocenters. The maximum atomic E-state index is 11.6. The quantitative estimate of drug-likeness (QED) is 0.782. The van der Waals surface area contributed by atoms with E-state index in [0.29, 0.717) is 12.3 Å². The van der Waals surface area contributed by atoms with E-state index in [1.165, 1.54) is 0 Å². The number of carbonyl (C=O) groups excluding carboxylic acids is 1. The van der Waals surface area contributed by atoms with Gasteiger partial charge in [-0.3, -0.25) is 0 Å². The monoisotopic (exact) mass is 327 g/mol. The lowest BCUT2D eigenvalue weighted by atomic mass is 10.2. The van der Waals surface area contributed by atoms with Crippen molar-refractivity contribution in [2.75, 3.05) is 19.8 Å². The van der Waals surface area contributed by atoms with E-state index >= 15 is 0 Å². The zero-order valence-corrected chi connectivity index (χ0v) is 13.4. The number of hydrogen-bond donors (Lipinski definition) is 2. The lowest BCUT2D eigenvalue weighted by Gasteiger charge is -2.05. The Bertz CT molecular complexity index is 638. The molecule has 0 unspecified atom stereocenters. The van der Waals surface area contributed by atoms with E-state index < -0.39 is 6.09 Å². The van der Waals surface area contributed by atoms with E-state index in [0.717, 1.165) is 11.1 Å². The molecule has 0 aliphatic heterocycles. The molecular weight excluding hydrogens is 306 g/mol. The van der Waals surface area contributed by atoms with E-state index in [1.54, 1.807) is 0 Å². The Morgan fingerprint density at radius 3 is 2.54 bits per heavy atom. The van der Waals surface area contributed by atoms with Gasteiger partial charge in [0.25, 0.3) is 0 Å². The summed E-state index contributed by atoms with van der Waals surface area (Å²) in [5.41, 5.74) is 1.94. The molecule has 2 rings (SSSR count). The Kier molecular flexibility index (Phi) is 7.37. The maximum Gasteiger partial charge on any atom is 0.407 e. The first-order valence-corrected chi connectivity index (χ1v) is 7.73. The molecule has 5 nitrogen and oxygen atoms in total. The molecule has 0 aliphatic rings. The fourth-order valence-corrected chi connectivity index (χ4v) is 1.95. The summed E-state index contributed by atoms with van der Waals surface area (Å²) in [5.74, 6) is 0.712. The second kappa shape index (κ2) is 10.1. The third-order valence-corrected chi connectivity index (χ3v) is 3.13. The normalized spacial score (nSPS) is 10.5. The molecule has 1 amide bonds. The van der Waals surface area contributed by atoms with Gasteiger partial charge >= 0.3 is 6.09 Å². The Hall–Kier alpha value is -2.79. The standard InChI is InChI=1S/C19H21NO4/c21-13-14-23-18-10-8-16(9-11-18)7-4-12-20-19(22)24-15-17-5-2-1-3-6-17/h1-11,21H,12-15H2,(H,20,22). The number of alkyl carbamates (subject to hydrolysis) is 1. The highest BCUT2D eigenvalue weighted by atomic mass is 16.5. The number of ether oxygens (including phenoxy) is 2. The summed E-state index contributed by atoms with van der Waals surface area (Å²) < 4.78 is 10.4. The highest BCUT2D eigenvalue weighted by Gasteiger charge is 2.00. The molecule has 24 heavy (non-hydrogen) atoms. The van der Waals surface area contributed by atoms with Crippen LogP contribution in [0.5, 0.6) is 5.75 Å². The summed E-state index contributed by atoms with van der Waals surface area (Å²) in [6.07, 6.45) is 3.29. The van der Waals surface area contributed by atoms with Crippen LogP contribution >= 0.6 is 0 Å².